The van der Waals surface area contributed by atoms with Gasteiger partial charge in [0.05, 0.1) is 0 Å². The van der Waals surface area contributed by atoms with Crippen LogP contribution in [0.15, 0.2) is 0 Å². The molecule has 0 aliphatic carbocycles. The van der Waals surface area contributed by atoms with Gasteiger partial charge in [-0.3, -0.25) is 9.00 Å². The quantitative estimate of drug-likeness (QED) is 0.617. The molecule has 0 amide bonds. The molecule has 0 rings (SSSR count). The second kappa shape index (κ2) is 4.99. The predicted octanol–water partition coefficient (Wildman–Crippen LogP) is 0.645. The fourth-order valence-electron chi connectivity index (χ4n) is 0.303. The molecule has 0 saturated heterocycles. The van der Waals surface area contributed by atoms with E-state index in [1.165, 1.54) is 18.7 Å². The molecular weight excluding hydrogens is 156 g/mol. The lowest BCUT2D eigenvalue weighted by Gasteiger charge is -1.91. The molecule has 0 heterocycles. The Bertz CT molecular complexity index is 108. The monoisotopic (exact) mass is 166 g/mol. The van der Waals surface area contributed by atoms with Crippen LogP contribution in [-0.4, -0.2) is 27.1 Å². The van der Waals surface area contributed by atoms with Crippen molar-refractivity contribution in [1.82, 2.24) is 0 Å². The Morgan fingerprint density at radius 1 is 1.67 bits per heavy atom. The maximum atomic E-state index is 10.4. The Morgan fingerprint density at radius 3 is 2.56 bits per heavy atom. The Kier molecular flexibility index (Phi) is 5.09. The molecule has 0 aliphatic rings. The van der Waals surface area contributed by atoms with Crippen LogP contribution in [0.4, 0.5) is 0 Å². The van der Waals surface area contributed by atoms with Crippen molar-refractivity contribution in [1.29, 1.82) is 0 Å². The van der Waals surface area contributed by atoms with Crippen LogP contribution in [0.2, 0.25) is 0 Å². The van der Waals surface area contributed by atoms with Crippen LogP contribution >= 0.6 is 11.8 Å². The summed E-state index contributed by atoms with van der Waals surface area (Å²) in [5, 5.41) is 0.0976. The Labute approximate surface area is 61.9 Å². The molecular formula is C5H10O2S2. The SMILES string of the molecule is CC(=O)SCCS(C)=O. The Balaban J connectivity index is 3.10. The van der Waals surface area contributed by atoms with Gasteiger partial charge in [-0.1, -0.05) is 11.8 Å². The van der Waals surface area contributed by atoms with E-state index in [9.17, 15) is 9.00 Å². The van der Waals surface area contributed by atoms with E-state index in [2.05, 4.69) is 0 Å². The summed E-state index contributed by atoms with van der Waals surface area (Å²) in [7, 11) is -0.755. The maximum Gasteiger partial charge on any atom is 0.185 e. The van der Waals surface area contributed by atoms with Crippen LogP contribution in [0.5, 0.6) is 0 Å². The third kappa shape index (κ3) is 8.17. The van der Waals surface area contributed by atoms with Crippen LogP contribution in [-0.2, 0) is 15.6 Å². The number of carbonyl (C=O) groups is 1. The number of thioether (sulfide) groups is 1. The highest BCUT2D eigenvalue weighted by Crippen LogP contribution is 1.99. The smallest absolute Gasteiger partial charge is 0.185 e. The minimum absolute atomic E-state index is 0.0976. The molecule has 0 aromatic carbocycles. The molecule has 9 heavy (non-hydrogen) atoms. The van der Waals surface area contributed by atoms with Gasteiger partial charge in [0.25, 0.3) is 0 Å². The van der Waals surface area contributed by atoms with Crippen LogP contribution in [0.25, 0.3) is 0 Å². The number of hydrogen-bond donors (Lipinski definition) is 0. The van der Waals surface area contributed by atoms with E-state index in [1.54, 1.807) is 6.26 Å². The van der Waals surface area contributed by atoms with Gasteiger partial charge < -0.3 is 0 Å². The summed E-state index contributed by atoms with van der Waals surface area (Å²) in [6.07, 6.45) is 1.64. The Hall–Kier alpha value is 0.170. The van der Waals surface area contributed by atoms with Gasteiger partial charge in [-0.2, -0.15) is 0 Å². The highest BCUT2D eigenvalue weighted by atomic mass is 32.2. The number of carbonyl (C=O) groups excluding carboxylic acids is 1. The molecule has 0 fully saturated rings. The standard InChI is InChI=1S/C5H10O2S2/c1-5(6)8-3-4-9(2)7/h3-4H2,1-2H3. The fourth-order valence-corrected chi connectivity index (χ4v) is 1.86. The van der Waals surface area contributed by atoms with Crippen molar-refractivity contribution in [2.45, 2.75) is 6.92 Å². The molecule has 1 atom stereocenters. The van der Waals surface area contributed by atoms with Crippen molar-refractivity contribution in [2.75, 3.05) is 17.8 Å². The molecule has 4 heteroatoms. The minimum atomic E-state index is -0.755. The molecule has 0 saturated carbocycles. The summed E-state index contributed by atoms with van der Waals surface area (Å²) < 4.78 is 10.4. The fraction of sp³-hybridized carbons (Fsp3) is 0.800. The zero-order chi connectivity index (χ0) is 7.28. The zero-order valence-electron chi connectivity index (χ0n) is 5.55. The van der Waals surface area contributed by atoms with E-state index in [0.717, 1.165) is 0 Å². The average Bonchev–Trinajstić information content (AvgIpc) is 1.63. The first-order chi connectivity index (χ1) is 4.13. The van der Waals surface area contributed by atoms with E-state index < -0.39 is 10.8 Å². The lowest BCUT2D eigenvalue weighted by molar-refractivity contribution is -0.109. The summed E-state index contributed by atoms with van der Waals surface area (Å²) in [6, 6.07) is 0. The van der Waals surface area contributed by atoms with Gasteiger partial charge >= 0.3 is 0 Å². The van der Waals surface area contributed by atoms with Gasteiger partial charge in [0, 0.05) is 35.5 Å². The predicted molar refractivity (Wildman–Crippen MR) is 42.1 cm³/mol. The molecule has 0 N–H and O–H groups in total. The minimum Gasteiger partial charge on any atom is -0.288 e. The van der Waals surface area contributed by atoms with Crippen molar-refractivity contribution in [3.8, 4) is 0 Å². The zero-order valence-corrected chi connectivity index (χ0v) is 7.18. The van der Waals surface area contributed by atoms with Crippen molar-refractivity contribution >= 4 is 27.7 Å². The first-order valence-electron chi connectivity index (χ1n) is 2.56. The largest absolute Gasteiger partial charge is 0.288 e. The van der Waals surface area contributed by atoms with Gasteiger partial charge in [0.1, 0.15) is 0 Å². The third-order valence-corrected chi connectivity index (χ3v) is 2.53. The lowest BCUT2D eigenvalue weighted by Crippen LogP contribution is -1.98. The van der Waals surface area contributed by atoms with Crippen molar-refractivity contribution in [3.63, 3.8) is 0 Å². The molecule has 0 aromatic heterocycles. The molecule has 0 bridgehead atoms. The van der Waals surface area contributed by atoms with E-state index in [-0.39, 0.29) is 5.12 Å². The van der Waals surface area contributed by atoms with Crippen molar-refractivity contribution < 1.29 is 9.00 Å². The van der Waals surface area contributed by atoms with Crippen molar-refractivity contribution in [2.24, 2.45) is 0 Å². The van der Waals surface area contributed by atoms with Crippen molar-refractivity contribution in [3.05, 3.63) is 0 Å². The molecule has 0 spiro atoms. The lowest BCUT2D eigenvalue weighted by atomic mass is 10.9. The first kappa shape index (κ1) is 9.17. The summed E-state index contributed by atoms with van der Waals surface area (Å²) in [4.78, 5) is 10.3. The Morgan fingerprint density at radius 2 is 2.22 bits per heavy atom. The third-order valence-electron chi connectivity index (χ3n) is 0.676. The van der Waals surface area contributed by atoms with E-state index in [1.807, 2.05) is 0 Å². The second-order valence-corrected chi connectivity index (χ2v) is 4.44. The normalized spacial score (nSPS) is 13.1. The molecule has 0 radical (unpaired) electrons. The van der Waals surface area contributed by atoms with Crippen LogP contribution in [0, 0.1) is 0 Å². The topological polar surface area (TPSA) is 34.1 Å². The maximum absolute atomic E-state index is 10.4. The molecule has 0 aliphatic heterocycles. The number of rotatable bonds is 3. The molecule has 2 nitrogen and oxygen atoms in total. The van der Waals surface area contributed by atoms with Crippen LogP contribution < -0.4 is 0 Å². The molecule has 54 valence electrons. The highest BCUT2D eigenvalue weighted by Gasteiger charge is 1.94. The van der Waals surface area contributed by atoms with E-state index >= 15 is 0 Å². The van der Waals surface area contributed by atoms with Gasteiger partial charge in [-0.25, -0.2) is 0 Å². The summed E-state index contributed by atoms with van der Waals surface area (Å²) in [5.41, 5.74) is 0. The van der Waals surface area contributed by atoms with E-state index in [0.29, 0.717) is 11.5 Å². The van der Waals surface area contributed by atoms with Crippen LogP contribution in [0.1, 0.15) is 6.92 Å². The molecule has 1 unspecified atom stereocenters. The second-order valence-electron chi connectivity index (χ2n) is 1.62. The summed E-state index contributed by atoms with van der Waals surface area (Å²) in [6.45, 7) is 1.52. The van der Waals surface area contributed by atoms with Crippen LogP contribution in [0.3, 0.4) is 0 Å². The van der Waals surface area contributed by atoms with Gasteiger partial charge in [-0.05, 0) is 0 Å². The molecule has 0 aromatic rings. The number of hydrogen-bond acceptors (Lipinski definition) is 3. The average molecular weight is 166 g/mol. The van der Waals surface area contributed by atoms with Gasteiger partial charge in [0.2, 0.25) is 0 Å². The first-order valence-corrected chi connectivity index (χ1v) is 5.27. The summed E-state index contributed by atoms with van der Waals surface area (Å²) in [5.74, 6) is 1.29. The van der Waals surface area contributed by atoms with Gasteiger partial charge in [0.15, 0.2) is 5.12 Å². The highest BCUT2D eigenvalue weighted by molar-refractivity contribution is 8.13. The summed E-state index contributed by atoms with van der Waals surface area (Å²) >= 11 is 1.23. The van der Waals surface area contributed by atoms with E-state index in [4.69, 9.17) is 0 Å². The van der Waals surface area contributed by atoms with Gasteiger partial charge in [-0.15, -0.1) is 0 Å².